The van der Waals surface area contributed by atoms with E-state index in [0.29, 0.717) is 28.4 Å². The van der Waals surface area contributed by atoms with E-state index in [9.17, 15) is 9.59 Å². The van der Waals surface area contributed by atoms with Crippen molar-refractivity contribution in [2.45, 2.75) is 10.8 Å². The minimum atomic E-state index is -0.158. The van der Waals surface area contributed by atoms with Crippen molar-refractivity contribution in [1.82, 2.24) is 4.98 Å². The van der Waals surface area contributed by atoms with E-state index in [2.05, 4.69) is 10.3 Å². The average Bonchev–Trinajstić information content (AvgIpc) is 3.19. The van der Waals surface area contributed by atoms with Gasteiger partial charge in [-0.1, -0.05) is 17.8 Å². The van der Waals surface area contributed by atoms with Gasteiger partial charge in [0, 0.05) is 22.7 Å². The summed E-state index contributed by atoms with van der Waals surface area (Å²) in [4.78, 5) is 29.0. The molecule has 29 heavy (non-hydrogen) atoms. The number of aromatic nitrogens is 1. The molecule has 0 unspecified atom stereocenters. The Kier molecular flexibility index (Phi) is 7.26. The Morgan fingerprint density at radius 1 is 1.07 bits per heavy atom. The normalized spacial score (nSPS) is 10.4. The molecule has 0 aliphatic rings. The highest BCUT2D eigenvalue weighted by Crippen LogP contribution is 2.24. The van der Waals surface area contributed by atoms with Crippen molar-refractivity contribution < 1.29 is 19.1 Å². The van der Waals surface area contributed by atoms with Crippen LogP contribution in [0.15, 0.2) is 58.3 Å². The molecule has 0 fully saturated rings. The van der Waals surface area contributed by atoms with E-state index >= 15 is 0 Å². The highest BCUT2D eigenvalue weighted by Gasteiger charge is 2.12. The van der Waals surface area contributed by atoms with E-state index in [1.165, 1.54) is 23.1 Å². The first-order chi connectivity index (χ1) is 14.1. The number of hydrogen-bond donors (Lipinski definition) is 1. The second-order valence-electron chi connectivity index (χ2n) is 6.00. The molecule has 0 aliphatic carbocycles. The number of anilines is 1. The molecule has 0 spiro atoms. The van der Waals surface area contributed by atoms with Crippen molar-refractivity contribution in [3.63, 3.8) is 0 Å². The Morgan fingerprint density at radius 3 is 2.55 bits per heavy atom. The van der Waals surface area contributed by atoms with Crippen molar-refractivity contribution in [2.24, 2.45) is 0 Å². The Morgan fingerprint density at radius 2 is 1.83 bits per heavy atom. The number of benzene rings is 2. The fourth-order valence-corrected chi connectivity index (χ4v) is 4.23. The summed E-state index contributed by atoms with van der Waals surface area (Å²) in [5, 5.41) is 4.67. The molecule has 8 heteroatoms. The molecule has 6 nitrogen and oxygen atoms in total. The number of rotatable bonds is 9. The molecule has 150 valence electrons. The summed E-state index contributed by atoms with van der Waals surface area (Å²) in [7, 11) is 3.17. The number of Topliss-reactive ketones (excluding diaryl/α,β-unsaturated/α-hetero) is 1. The Bertz CT molecular complexity index is 986. The van der Waals surface area contributed by atoms with E-state index < -0.39 is 0 Å². The summed E-state index contributed by atoms with van der Waals surface area (Å²) in [6.45, 7) is 0. The lowest BCUT2D eigenvalue weighted by Crippen LogP contribution is -2.14. The van der Waals surface area contributed by atoms with Crippen LogP contribution < -0.4 is 14.8 Å². The molecule has 0 atom stereocenters. The Labute approximate surface area is 177 Å². The molecule has 0 saturated carbocycles. The summed E-state index contributed by atoms with van der Waals surface area (Å²) in [5.74, 6) is 1.54. The van der Waals surface area contributed by atoms with Crippen LogP contribution in [0.25, 0.3) is 0 Å². The lowest BCUT2D eigenvalue weighted by atomic mass is 10.1. The molecular formula is C21H20N2O4S2. The van der Waals surface area contributed by atoms with Crippen molar-refractivity contribution in [1.29, 1.82) is 0 Å². The zero-order valence-corrected chi connectivity index (χ0v) is 17.6. The van der Waals surface area contributed by atoms with Gasteiger partial charge >= 0.3 is 0 Å². The van der Waals surface area contributed by atoms with Crippen molar-refractivity contribution in [3.8, 4) is 11.5 Å². The van der Waals surface area contributed by atoms with E-state index in [4.69, 9.17) is 9.47 Å². The first kappa shape index (κ1) is 20.9. The first-order valence-corrected chi connectivity index (χ1v) is 10.6. The smallest absolute Gasteiger partial charge is 0.230 e. The van der Waals surface area contributed by atoms with Gasteiger partial charge in [-0.2, -0.15) is 0 Å². The van der Waals surface area contributed by atoms with Crippen LogP contribution in [0.5, 0.6) is 11.5 Å². The van der Waals surface area contributed by atoms with Gasteiger partial charge in [0.2, 0.25) is 5.91 Å². The maximum absolute atomic E-state index is 12.3. The number of nitrogens with one attached hydrogen (secondary N) is 1. The predicted molar refractivity (Wildman–Crippen MR) is 115 cm³/mol. The van der Waals surface area contributed by atoms with Gasteiger partial charge < -0.3 is 14.8 Å². The molecule has 3 aromatic rings. The van der Waals surface area contributed by atoms with Crippen LogP contribution in [0.4, 0.5) is 5.69 Å². The molecule has 3 rings (SSSR count). The zero-order chi connectivity index (χ0) is 20.6. The number of carbonyl (C=O) groups excluding carboxylic acids is 2. The number of hydrogen-bond acceptors (Lipinski definition) is 7. The molecule has 0 saturated heterocycles. The number of nitrogens with zero attached hydrogens (tertiary/aromatic N) is 1. The quantitative estimate of drug-likeness (QED) is 0.404. The van der Waals surface area contributed by atoms with Crippen molar-refractivity contribution >= 4 is 40.5 Å². The molecule has 0 aliphatic heterocycles. The number of thiazole rings is 1. The van der Waals surface area contributed by atoms with Crippen LogP contribution in [-0.2, 0) is 11.2 Å². The largest absolute Gasteiger partial charge is 0.497 e. The van der Waals surface area contributed by atoms with E-state index in [1.54, 1.807) is 50.6 Å². The Hall–Kier alpha value is -2.84. The Balaban J connectivity index is 1.50. The SMILES string of the molecule is COc1ccc(C(=O)CSc2nc(CC(=O)Nc3cccc(OC)c3)cs2)cc1. The standard InChI is InChI=1S/C21H20N2O4S2/c1-26-17-8-6-14(7-9-17)19(24)13-29-21-23-16(12-28-21)11-20(25)22-15-4-3-5-18(10-15)27-2/h3-10,12H,11,13H2,1-2H3,(H,22,25). The second kappa shape index (κ2) is 10.1. The van der Waals surface area contributed by atoms with Gasteiger partial charge in [-0.25, -0.2) is 4.98 Å². The third-order valence-corrected chi connectivity index (χ3v) is 6.03. The highest BCUT2D eigenvalue weighted by molar-refractivity contribution is 8.01. The molecule has 1 heterocycles. The van der Waals surface area contributed by atoms with Gasteiger partial charge in [0.05, 0.1) is 32.1 Å². The highest BCUT2D eigenvalue weighted by atomic mass is 32.2. The number of carbonyl (C=O) groups is 2. The van der Waals surface area contributed by atoms with Crippen LogP contribution >= 0.6 is 23.1 Å². The summed E-state index contributed by atoms with van der Waals surface area (Å²) in [6.07, 6.45) is 0.167. The van der Waals surface area contributed by atoms with Gasteiger partial charge in [-0.15, -0.1) is 11.3 Å². The number of thioether (sulfide) groups is 1. The number of methoxy groups -OCH3 is 2. The first-order valence-electron chi connectivity index (χ1n) is 8.75. The summed E-state index contributed by atoms with van der Waals surface area (Å²) in [6, 6.07) is 14.2. The van der Waals surface area contributed by atoms with Crippen LogP contribution in [0.2, 0.25) is 0 Å². The maximum Gasteiger partial charge on any atom is 0.230 e. The molecule has 0 radical (unpaired) electrons. The fraction of sp³-hybridized carbons (Fsp3) is 0.190. The van der Waals surface area contributed by atoms with Gasteiger partial charge in [-0.3, -0.25) is 9.59 Å². The fourth-order valence-electron chi connectivity index (χ4n) is 2.49. The number of ether oxygens (including phenoxy) is 2. The van der Waals surface area contributed by atoms with Crippen molar-refractivity contribution in [3.05, 3.63) is 65.2 Å². The second-order valence-corrected chi connectivity index (χ2v) is 8.08. The summed E-state index contributed by atoms with van der Waals surface area (Å²) in [5.41, 5.74) is 1.98. The molecule has 1 N–H and O–H groups in total. The zero-order valence-electron chi connectivity index (χ0n) is 16.0. The van der Waals surface area contributed by atoms with Gasteiger partial charge in [0.25, 0.3) is 0 Å². The van der Waals surface area contributed by atoms with Crippen LogP contribution in [-0.4, -0.2) is 36.6 Å². The molecule has 1 amide bonds. The topological polar surface area (TPSA) is 77.5 Å². The molecule has 0 bridgehead atoms. The minimum Gasteiger partial charge on any atom is -0.497 e. The lowest BCUT2D eigenvalue weighted by Gasteiger charge is -2.06. The van der Waals surface area contributed by atoms with E-state index in [1.807, 2.05) is 17.5 Å². The number of ketones is 1. The molecule has 2 aromatic carbocycles. The lowest BCUT2D eigenvalue weighted by molar-refractivity contribution is -0.115. The third kappa shape index (κ3) is 6.07. The summed E-state index contributed by atoms with van der Waals surface area (Å²) >= 11 is 2.80. The predicted octanol–water partition coefficient (Wildman–Crippen LogP) is 4.32. The molecule has 1 aromatic heterocycles. The van der Waals surface area contributed by atoms with Gasteiger partial charge in [-0.05, 0) is 36.4 Å². The minimum absolute atomic E-state index is 0.0187. The maximum atomic E-state index is 12.3. The molecular weight excluding hydrogens is 408 g/mol. The van der Waals surface area contributed by atoms with Crippen LogP contribution in [0.1, 0.15) is 16.1 Å². The van der Waals surface area contributed by atoms with Crippen LogP contribution in [0, 0.1) is 0 Å². The van der Waals surface area contributed by atoms with Crippen LogP contribution in [0.3, 0.4) is 0 Å². The monoisotopic (exact) mass is 428 g/mol. The average molecular weight is 429 g/mol. The summed E-state index contributed by atoms with van der Waals surface area (Å²) < 4.78 is 11.0. The third-order valence-electron chi connectivity index (χ3n) is 3.96. The van der Waals surface area contributed by atoms with Gasteiger partial charge in [0.15, 0.2) is 10.1 Å². The van der Waals surface area contributed by atoms with E-state index in [0.717, 1.165) is 4.34 Å². The van der Waals surface area contributed by atoms with Gasteiger partial charge in [0.1, 0.15) is 11.5 Å². The van der Waals surface area contributed by atoms with E-state index in [-0.39, 0.29) is 23.9 Å². The number of amides is 1. The van der Waals surface area contributed by atoms with Crippen molar-refractivity contribution in [2.75, 3.05) is 25.3 Å².